The third-order valence-electron chi connectivity index (χ3n) is 4.98. The largest absolute Gasteiger partial charge is 0.385 e. The van der Waals surface area contributed by atoms with Crippen molar-refractivity contribution in [3.63, 3.8) is 0 Å². The molecule has 0 atom stereocenters. The summed E-state index contributed by atoms with van der Waals surface area (Å²) in [6.45, 7) is 5.34. The van der Waals surface area contributed by atoms with Gasteiger partial charge in [0, 0.05) is 23.5 Å². The van der Waals surface area contributed by atoms with Crippen LogP contribution < -0.4 is 10.6 Å². The number of amides is 1. The third-order valence-corrected chi connectivity index (χ3v) is 4.98. The van der Waals surface area contributed by atoms with Gasteiger partial charge in [-0.05, 0) is 65.9 Å². The van der Waals surface area contributed by atoms with Gasteiger partial charge in [0.1, 0.15) is 0 Å². The first-order valence-corrected chi connectivity index (χ1v) is 10.5. The second kappa shape index (κ2) is 10.5. The summed E-state index contributed by atoms with van der Waals surface area (Å²) in [7, 11) is 0. The predicted octanol–water partition coefficient (Wildman–Crippen LogP) is 6.77. The first-order chi connectivity index (χ1) is 14.2. The second-order valence-corrected chi connectivity index (χ2v) is 7.34. The summed E-state index contributed by atoms with van der Waals surface area (Å²) in [5.41, 5.74) is 6.17. The minimum Gasteiger partial charge on any atom is -0.385 e. The van der Waals surface area contributed by atoms with Crippen LogP contribution in [0, 0.1) is 0 Å². The SMILES string of the molecule is CCCCNc1ccc(NC(=O)c2ccc(-c3ccc(CCC)cc3)cc2)cc1. The molecule has 1 amide bonds. The van der Waals surface area contributed by atoms with E-state index < -0.39 is 0 Å². The second-order valence-electron chi connectivity index (χ2n) is 7.34. The van der Waals surface area contributed by atoms with Crippen LogP contribution in [-0.2, 0) is 6.42 Å². The molecule has 0 aromatic heterocycles. The van der Waals surface area contributed by atoms with Crippen molar-refractivity contribution in [3.8, 4) is 11.1 Å². The van der Waals surface area contributed by atoms with Crippen molar-refractivity contribution in [3.05, 3.63) is 83.9 Å². The van der Waals surface area contributed by atoms with Crippen molar-refractivity contribution in [2.75, 3.05) is 17.2 Å². The maximum absolute atomic E-state index is 12.5. The van der Waals surface area contributed by atoms with Crippen LogP contribution in [0.1, 0.15) is 49.0 Å². The average molecular weight is 387 g/mol. The highest BCUT2D eigenvalue weighted by molar-refractivity contribution is 6.04. The van der Waals surface area contributed by atoms with Crippen LogP contribution in [0.15, 0.2) is 72.8 Å². The van der Waals surface area contributed by atoms with Crippen molar-refractivity contribution in [2.45, 2.75) is 39.5 Å². The Morgan fingerprint density at radius 1 is 0.724 bits per heavy atom. The molecule has 3 nitrogen and oxygen atoms in total. The van der Waals surface area contributed by atoms with E-state index in [0.29, 0.717) is 5.56 Å². The van der Waals surface area contributed by atoms with Gasteiger partial charge in [-0.1, -0.05) is 63.1 Å². The summed E-state index contributed by atoms with van der Waals surface area (Å²) >= 11 is 0. The van der Waals surface area contributed by atoms with E-state index in [2.05, 4.69) is 48.7 Å². The maximum Gasteiger partial charge on any atom is 0.255 e. The summed E-state index contributed by atoms with van der Waals surface area (Å²) in [5.74, 6) is -0.0958. The lowest BCUT2D eigenvalue weighted by molar-refractivity contribution is 0.102. The predicted molar refractivity (Wildman–Crippen MR) is 124 cm³/mol. The molecule has 2 N–H and O–H groups in total. The summed E-state index contributed by atoms with van der Waals surface area (Å²) in [6.07, 6.45) is 4.58. The number of carbonyl (C=O) groups is 1. The fourth-order valence-electron chi connectivity index (χ4n) is 3.25. The first kappa shape index (κ1) is 20.7. The van der Waals surface area contributed by atoms with Crippen molar-refractivity contribution < 1.29 is 4.79 Å². The zero-order valence-electron chi connectivity index (χ0n) is 17.4. The van der Waals surface area contributed by atoms with Gasteiger partial charge < -0.3 is 10.6 Å². The summed E-state index contributed by atoms with van der Waals surface area (Å²) in [5, 5.41) is 6.34. The highest BCUT2D eigenvalue weighted by Crippen LogP contribution is 2.21. The van der Waals surface area contributed by atoms with Crippen molar-refractivity contribution in [2.24, 2.45) is 0 Å². The van der Waals surface area contributed by atoms with E-state index in [1.807, 2.05) is 48.5 Å². The third kappa shape index (κ3) is 5.95. The Balaban J connectivity index is 1.60. The normalized spacial score (nSPS) is 10.6. The minimum atomic E-state index is -0.0958. The Labute approximate surface area is 174 Å². The first-order valence-electron chi connectivity index (χ1n) is 10.5. The molecule has 3 aromatic carbocycles. The van der Waals surface area contributed by atoms with Crippen LogP contribution in [0.4, 0.5) is 11.4 Å². The molecule has 29 heavy (non-hydrogen) atoms. The van der Waals surface area contributed by atoms with Gasteiger partial charge in [-0.15, -0.1) is 0 Å². The van der Waals surface area contributed by atoms with Gasteiger partial charge in [0.2, 0.25) is 0 Å². The number of rotatable bonds is 9. The van der Waals surface area contributed by atoms with Gasteiger partial charge in [0.15, 0.2) is 0 Å². The number of unbranched alkanes of at least 4 members (excludes halogenated alkanes) is 1. The quantitative estimate of drug-likeness (QED) is 0.398. The van der Waals surface area contributed by atoms with Gasteiger partial charge in [-0.3, -0.25) is 4.79 Å². The van der Waals surface area contributed by atoms with Crippen LogP contribution in [0.3, 0.4) is 0 Å². The van der Waals surface area contributed by atoms with E-state index in [4.69, 9.17) is 0 Å². The van der Waals surface area contributed by atoms with Crippen LogP contribution in [0.25, 0.3) is 11.1 Å². The molecular weight excluding hydrogens is 356 g/mol. The molecule has 0 unspecified atom stereocenters. The molecule has 0 aliphatic rings. The number of hydrogen-bond acceptors (Lipinski definition) is 2. The van der Waals surface area contributed by atoms with Crippen molar-refractivity contribution in [1.29, 1.82) is 0 Å². The fourth-order valence-corrected chi connectivity index (χ4v) is 3.25. The lowest BCUT2D eigenvalue weighted by Gasteiger charge is -2.09. The van der Waals surface area contributed by atoms with Crippen LogP contribution in [0.5, 0.6) is 0 Å². The molecule has 0 fully saturated rings. The maximum atomic E-state index is 12.5. The topological polar surface area (TPSA) is 41.1 Å². The molecule has 0 aliphatic carbocycles. The number of aryl methyl sites for hydroxylation is 1. The fraction of sp³-hybridized carbons (Fsp3) is 0.269. The lowest BCUT2D eigenvalue weighted by atomic mass is 10.0. The summed E-state index contributed by atoms with van der Waals surface area (Å²) < 4.78 is 0. The number of nitrogens with one attached hydrogen (secondary N) is 2. The Bertz CT molecular complexity index is 897. The van der Waals surface area contributed by atoms with Gasteiger partial charge in [-0.25, -0.2) is 0 Å². The van der Waals surface area contributed by atoms with Gasteiger partial charge >= 0.3 is 0 Å². The molecule has 3 heteroatoms. The zero-order chi connectivity index (χ0) is 20.5. The number of benzene rings is 3. The Morgan fingerprint density at radius 2 is 1.31 bits per heavy atom. The van der Waals surface area contributed by atoms with E-state index in [-0.39, 0.29) is 5.91 Å². The number of carbonyl (C=O) groups excluding carboxylic acids is 1. The highest BCUT2D eigenvalue weighted by Gasteiger charge is 2.07. The number of anilines is 2. The minimum absolute atomic E-state index is 0.0958. The van der Waals surface area contributed by atoms with Crippen LogP contribution in [0.2, 0.25) is 0 Å². The molecule has 0 spiro atoms. The average Bonchev–Trinajstić information content (AvgIpc) is 2.76. The molecule has 0 bridgehead atoms. The molecule has 0 aliphatic heterocycles. The van der Waals surface area contributed by atoms with Gasteiger partial charge in [0.05, 0.1) is 0 Å². The molecular formula is C26H30N2O. The van der Waals surface area contributed by atoms with Crippen LogP contribution >= 0.6 is 0 Å². The summed E-state index contributed by atoms with van der Waals surface area (Å²) in [6, 6.07) is 24.3. The smallest absolute Gasteiger partial charge is 0.255 e. The van der Waals surface area contributed by atoms with E-state index in [1.165, 1.54) is 17.5 Å². The zero-order valence-corrected chi connectivity index (χ0v) is 17.4. The molecule has 0 heterocycles. The highest BCUT2D eigenvalue weighted by atomic mass is 16.1. The Hall–Kier alpha value is -3.07. The molecule has 150 valence electrons. The number of hydrogen-bond donors (Lipinski definition) is 2. The molecule has 3 rings (SSSR count). The molecule has 0 radical (unpaired) electrons. The molecule has 0 saturated heterocycles. The van der Waals surface area contributed by atoms with E-state index >= 15 is 0 Å². The van der Waals surface area contributed by atoms with E-state index in [1.54, 1.807) is 0 Å². The lowest BCUT2D eigenvalue weighted by Crippen LogP contribution is -2.11. The van der Waals surface area contributed by atoms with Gasteiger partial charge in [-0.2, -0.15) is 0 Å². The monoisotopic (exact) mass is 386 g/mol. The van der Waals surface area contributed by atoms with Crippen molar-refractivity contribution >= 4 is 17.3 Å². The molecule has 3 aromatic rings. The van der Waals surface area contributed by atoms with Gasteiger partial charge in [0.25, 0.3) is 5.91 Å². The van der Waals surface area contributed by atoms with E-state index in [0.717, 1.165) is 42.7 Å². The summed E-state index contributed by atoms with van der Waals surface area (Å²) in [4.78, 5) is 12.5. The van der Waals surface area contributed by atoms with E-state index in [9.17, 15) is 4.79 Å². The van der Waals surface area contributed by atoms with Crippen LogP contribution in [-0.4, -0.2) is 12.5 Å². The Kier molecular flexibility index (Phi) is 7.46. The molecule has 0 saturated carbocycles. The van der Waals surface area contributed by atoms with Crippen molar-refractivity contribution in [1.82, 2.24) is 0 Å². The Morgan fingerprint density at radius 3 is 1.90 bits per heavy atom. The standard InChI is InChI=1S/C26H30N2O/c1-3-5-19-27-24-15-17-25(18-16-24)28-26(29)23-13-11-22(12-14-23)21-9-7-20(6-4-2)8-10-21/h7-18,27H,3-6,19H2,1-2H3,(H,28,29).